The van der Waals surface area contributed by atoms with Crippen molar-refractivity contribution in [3.05, 3.63) is 47.7 Å². The van der Waals surface area contributed by atoms with E-state index in [0.717, 1.165) is 16.5 Å². The van der Waals surface area contributed by atoms with Crippen molar-refractivity contribution in [2.45, 2.75) is 13.0 Å². The van der Waals surface area contributed by atoms with E-state index in [4.69, 9.17) is 9.15 Å². The summed E-state index contributed by atoms with van der Waals surface area (Å²) in [7, 11) is 1.86. The maximum Gasteiger partial charge on any atom is 0.290 e. The monoisotopic (exact) mass is 326 g/mol. The SMILES string of the molecule is Cc1c(C(=O)N2CCO[C@@H](c3nncn3C)C2)oc2ccccc12. The smallest absolute Gasteiger partial charge is 0.290 e. The molecule has 1 fully saturated rings. The lowest BCUT2D eigenvalue weighted by Crippen LogP contribution is -2.43. The first kappa shape index (κ1) is 14.9. The topological polar surface area (TPSA) is 73.4 Å². The summed E-state index contributed by atoms with van der Waals surface area (Å²) >= 11 is 0. The van der Waals surface area contributed by atoms with Gasteiger partial charge in [-0.05, 0) is 13.0 Å². The minimum absolute atomic E-state index is 0.112. The van der Waals surface area contributed by atoms with Crippen molar-refractivity contribution in [3.8, 4) is 0 Å². The standard InChI is InChI=1S/C17H18N4O3/c1-11-12-5-3-4-6-13(12)24-15(11)17(22)21-7-8-23-14(9-21)16-19-18-10-20(16)2/h3-6,10,14H,7-9H2,1-2H3/t14-/m1/s1. The first-order valence-corrected chi connectivity index (χ1v) is 7.88. The van der Waals surface area contributed by atoms with Gasteiger partial charge in [0.1, 0.15) is 18.0 Å². The predicted molar refractivity (Wildman–Crippen MR) is 86.6 cm³/mol. The van der Waals surface area contributed by atoms with Gasteiger partial charge in [0.25, 0.3) is 5.91 Å². The number of aryl methyl sites for hydroxylation is 2. The summed E-state index contributed by atoms with van der Waals surface area (Å²) < 4.78 is 13.4. The normalized spacial score (nSPS) is 18.2. The summed E-state index contributed by atoms with van der Waals surface area (Å²) in [5, 5.41) is 8.93. The van der Waals surface area contributed by atoms with Crippen LogP contribution in [0.3, 0.4) is 0 Å². The third-order valence-corrected chi connectivity index (χ3v) is 4.43. The van der Waals surface area contributed by atoms with Crippen molar-refractivity contribution in [1.29, 1.82) is 0 Å². The van der Waals surface area contributed by atoms with Gasteiger partial charge in [-0.1, -0.05) is 18.2 Å². The third kappa shape index (κ3) is 2.37. The van der Waals surface area contributed by atoms with E-state index >= 15 is 0 Å². The molecule has 0 unspecified atom stereocenters. The molecular weight excluding hydrogens is 308 g/mol. The molecule has 1 aromatic carbocycles. The number of ether oxygens (including phenoxy) is 1. The molecule has 4 rings (SSSR count). The van der Waals surface area contributed by atoms with E-state index in [-0.39, 0.29) is 12.0 Å². The Kier molecular flexibility index (Phi) is 3.57. The fraction of sp³-hybridized carbons (Fsp3) is 0.353. The number of amides is 1. The van der Waals surface area contributed by atoms with Gasteiger partial charge in [-0.25, -0.2) is 0 Å². The number of fused-ring (bicyclic) bond motifs is 1. The molecule has 0 radical (unpaired) electrons. The van der Waals surface area contributed by atoms with Crippen molar-refractivity contribution >= 4 is 16.9 Å². The van der Waals surface area contributed by atoms with Crippen LogP contribution in [0.15, 0.2) is 35.0 Å². The van der Waals surface area contributed by atoms with Crippen molar-refractivity contribution in [3.63, 3.8) is 0 Å². The lowest BCUT2D eigenvalue weighted by molar-refractivity contribution is -0.0289. The van der Waals surface area contributed by atoms with Crippen LogP contribution in [-0.2, 0) is 11.8 Å². The predicted octanol–water partition coefficient (Wildman–Crippen LogP) is 2.08. The second-order valence-corrected chi connectivity index (χ2v) is 5.96. The summed E-state index contributed by atoms with van der Waals surface area (Å²) in [5.74, 6) is 1.00. The van der Waals surface area contributed by atoms with Gasteiger partial charge in [0.15, 0.2) is 11.6 Å². The van der Waals surface area contributed by atoms with Crippen LogP contribution in [0.1, 0.15) is 28.0 Å². The molecule has 0 bridgehead atoms. The highest BCUT2D eigenvalue weighted by Crippen LogP contribution is 2.28. The molecule has 124 valence electrons. The Bertz CT molecular complexity index is 898. The van der Waals surface area contributed by atoms with Crippen molar-refractivity contribution in [1.82, 2.24) is 19.7 Å². The molecule has 7 heteroatoms. The van der Waals surface area contributed by atoms with E-state index in [2.05, 4.69) is 10.2 Å². The van der Waals surface area contributed by atoms with Crippen LogP contribution in [0.4, 0.5) is 0 Å². The van der Waals surface area contributed by atoms with Gasteiger partial charge in [-0.2, -0.15) is 0 Å². The Labute approximate surface area is 138 Å². The number of carbonyl (C=O) groups is 1. The zero-order valence-corrected chi connectivity index (χ0v) is 13.6. The highest BCUT2D eigenvalue weighted by molar-refractivity contribution is 5.98. The third-order valence-electron chi connectivity index (χ3n) is 4.43. The Hall–Kier alpha value is -2.67. The zero-order valence-electron chi connectivity index (χ0n) is 13.6. The Morgan fingerprint density at radius 3 is 2.92 bits per heavy atom. The molecule has 7 nitrogen and oxygen atoms in total. The molecule has 24 heavy (non-hydrogen) atoms. The molecule has 0 N–H and O–H groups in total. The molecular formula is C17H18N4O3. The van der Waals surface area contributed by atoms with Gasteiger partial charge in [0, 0.05) is 24.5 Å². The van der Waals surface area contributed by atoms with E-state index in [1.807, 2.05) is 42.8 Å². The summed E-state index contributed by atoms with van der Waals surface area (Å²) in [6.07, 6.45) is 1.35. The van der Waals surface area contributed by atoms with E-state index in [1.165, 1.54) is 0 Å². The number of furan rings is 1. The number of morpholine rings is 1. The van der Waals surface area contributed by atoms with Crippen LogP contribution in [0, 0.1) is 6.92 Å². The second-order valence-electron chi connectivity index (χ2n) is 5.96. The van der Waals surface area contributed by atoms with Crippen LogP contribution in [0.2, 0.25) is 0 Å². The first-order chi connectivity index (χ1) is 11.6. The molecule has 0 aliphatic carbocycles. The van der Waals surface area contributed by atoms with E-state index in [0.29, 0.717) is 31.3 Å². The van der Waals surface area contributed by atoms with Crippen molar-refractivity contribution in [2.75, 3.05) is 19.7 Å². The van der Waals surface area contributed by atoms with Crippen LogP contribution in [-0.4, -0.2) is 45.3 Å². The highest BCUT2D eigenvalue weighted by atomic mass is 16.5. The van der Waals surface area contributed by atoms with Crippen molar-refractivity contribution < 1.29 is 13.9 Å². The molecule has 3 aromatic rings. The Morgan fingerprint density at radius 1 is 1.33 bits per heavy atom. The fourth-order valence-electron chi connectivity index (χ4n) is 3.10. The number of rotatable bonds is 2. The van der Waals surface area contributed by atoms with Crippen LogP contribution >= 0.6 is 0 Å². The lowest BCUT2D eigenvalue weighted by Gasteiger charge is -2.31. The maximum atomic E-state index is 12.9. The highest BCUT2D eigenvalue weighted by Gasteiger charge is 2.31. The average molecular weight is 326 g/mol. The average Bonchev–Trinajstić information content (AvgIpc) is 3.18. The Morgan fingerprint density at radius 2 is 2.17 bits per heavy atom. The van der Waals surface area contributed by atoms with Crippen molar-refractivity contribution in [2.24, 2.45) is 7.05 Å². The van der Waals surface area contributed by atoms with E-state index in [9.17, 15) is 4.79 Å². The van der Waals surface area contributed by atoms with Gasteiger partial charge in [-0.15, -0.1) is 10.2 Å². The summed E-state index contributed by atoms with van der Waals surface area (Å²) in [5.41, 5.74) is 1.61. The van der Waals surface area contributed by atoms with Gasteiger partial charge < -0.3 is 18.6 Å². The number of carbonyl (C=O) groups excluding carboxylic acids is 1. The van der Waals surface area contributed by atoms with Gasteiger partial charge in [-0.3, -0.25) is 4.79 Å². The van der Waals surface area contributed by atoms with Gasteiger partial charge >= 0.3 is 0 Å². The minimum Gasteiger partial charge on any atom is -0.451 e. The number of benzene rings is 1. The summed E-state index contributed by atoms with van der Waals surface area (Å²) in [4.78, 5) is 14.7. The molecule has 0 saturated carbocycles. The largest absolute Gasteiger partial charge is 0.451 e. The van der Waals surface area contributed by atoms with Gasteiger partial charge in [0.05, 0.1) is 13.2 Å². The second kappa shape index (κ2) is 5.76. The molecule has 1 atom stereocenters. The molecule has 1 aliphatic heterocycles. The van der Waals surface area contributed by atoms with Crippen LogP contribution < -0.4 is 0 Å². The number of aromatic nitrogens is 3. The molecule has 1 aliphatic rings. The number of hydrogen-bond acceptors (Lipinski definition) is 5. The molecule has 2 aromatic heterocycles. The molecule has 1 amide bonds. The van der Waals surface area contributed by atoms with E-state index in [1.54, 1.807) is 11.2 Å². The fourth-order valence-corrected chi connectivity index (χ4v) is 3.10. The number of hydrogen-bond donors (Lipinski definition) is 0. The number of para-hydroxylation sites is 1. The first-order valence-electron chi connectivity index (χ1n) is 7.88. The quantitative estimate of drug-likeness (QED) is 0.721. The molecule has 3 heterocycles. The van der Waals surface area contributed by atoms with Crippen LogP contribution in [0.25, 0.3) is 11.0 Å². The molecule has 0 spiro atoms. The zero-order chi connectivity index (χ0) is 16.7. The molecule has 1 saturated heterocycles. The summed E-state index contributed by atoms with van der Waals surface area (Å²) in [6.45, 7) is 3.34. The van der Waals surface area contributed by atoms with Crippen LogP contribution in [0.5, 0.6) is 0 Å². The van der Waals surface area contributed by atoms with E-state index < -0.39 is 0 Å². The Balaban J connectivity index is 1.61. The summed E-state index contributed by atoms with van der Waals surface area (Å²) in [6, 6.07) is 7.68. The van der Waals surface area contributed by atoms with Gasteiger partial charge in [0.2, 0.25) is 0 Å². The minimum atomic E-state index is -0.278. The number of nitrogens with zero attached hydrogens (tertiary/aromatic N) is 4. The lowest BCUT2D eigenvalue weighted by atomic mass is 10.1. The maximum absolute atomic E-state index is 12.9.